The number of piperazine rings is 1. The van der Waals surface area contributed by atoms with Crippen molar-refractivity contribution < 1.29 is 4.79 Å². The summed E-state index contributed by atoms with van der Waals surface area (Å²) in [6.45, 7) is 5.40. The normalized spacial score (nSPS) is 21.1. The third-order valence-electron chi connectivity index (χ3n) is 3.70. The molecule has 0 N–H and O–H groups in total. The van der Waals surface area contributed by atoms with Crippen molar-refractivity contribution >= 4 is 27.9 Å². The SMILES string of the molecule is CCC1CN(c2ccc(C=O)cc2Br)CCN1C. The summed E-state index contributed by atoms with van der Waals surface area (Å²) in [6, 6.07) is 6.41. The molecule has 1 fully saturated rings. The van der Waals surface area contributed by atoms with Crippen molar-refractivity contribution in [2.75, 3.05) is 31.6 Å². The van der Waals surface area contributed by atoms with Crippen molar-refractivity contribution in [1.29, 1.82) is 0 Å². The Kier molecular flexibility index (Phi) is 4.40. The van der Waals surface area contributed by atoms with Crippen molar-refractivity contribution in [1.82, 2.24) is 4.90 Å². The summed E-state index contributed by atoms with van der Waals surface area (Å²) in [5, 5.41) is 0. The highest BCUT2D eigenvalue weighted by molar-refractivity contribution is 9.10. The Morgan fingerprint density at radius 3 is 2.83 bits per heavy atom. The molecule has 98 valence electrons. The van der Waals surface area contributed by atoms with E-state index < -0.39 is 0 Å². The first-order valence-electron chi connectivity index (χ1n) is 6.35. The minimum atomic E-state index is 0.608. The smallest absolute Gasteiger partial charge is 0.150 e. The van der Waals surface area contributed by atoms with E-state index in [2.05, 4.69) is 39.7 Å². The van der Waals surface area contributed by atoms with Crippen LogP contribution >= 0.6 is 15.9 Å². The van der Waals surface area contributed by atoms with Gasteiger partial charge in [0.2, 0.25) is 0 Å². The van der Waals surface area contributed by atoms with Crippen LogP contribution in [0.4, 0.5) is 5.69 Å². The summed E-state index contributed by atoms with van der Waals surface area (Å²) in [7, 11) is 2.19. The highest BCUT2D eigenvalue weighted by Crippen LogP contribution is 2.29. The topological polar surface area (TPSA) is 23.6 Å². The molecule has 1 aromatic rings. The predicted molar refractivity (Wildman–Crippen MR) is 78.5 cm³/mol. The van der Waals surface area contributed by atoms with E-state index in [9.17, 15) is 4.79 Å². The first kappa shape index (κ1) is 13.6. The Hall–Kier alpha value is -0.870. The Bertz CT molecular complexity index is 436. The average Bonchev–Trinajstić information content (AvgIpc) is 2.39. The molecule has 2 rings (SSSR count). The maximum absolute atomic E-state index is 10.7. The summed E-state index contributed by atoms with van der Waals surface area (Å²) in [4.78, 5) is 15.6. The van der Waals surface area contributed by atoms with Crippen LogP contribution in [0.2, 0.25) is 0 Å². The Morgan fingerprint density at radius 2 is 2.22 bits per heavy atom. The number of benzene rings is 1. The highest BCUT2D eigenvalue weighted by atomic mass is 79.9. The summed E-state index contributed by atoms with van der Waals surface area (Å²) in [5.74, 6) is 0. The summed E-state index contributed by atoms with van der Waals surface area (Å²) < 4.78 is 1.01. The molecular formula is C14H19BrN2O. The van der Waals surface area contributed by atoms with Crippen LogP contribution in [0.1, 0.15) is 23.7 Å². The molecule has 1 aliphatic heterocycles. The number of nitrogens with zero attached hydrogens (tertiary/aromatic N) is 2. The van der Waals surface area contributed by atoms with Gasteiger partial charge in [0.1, 0.15) is 6.29 Å². The maximum Gasteiger partial charge on any atom is 0.150 e. The van der Waals surface area contributed by atoms with Crippen LogP contribution in [0.25, 0.3) is 0 Å². The van der Waals surface area contributed by atoms with Gasteiger partial charge in [-0.15, -0.1) is 0 Å². The van der Waals surface area contributed by atoms with Crippen molar-refractivity contribution in [2.45, 2.75) is 19.4 Å². The van der Waals surface area contributed by atoms with Gasteiger partial charge in [0.05, 0.1) is 5.69 Å². The number of aldehydes is 1. The summed E-state index contributed by atoms with van der Waals surface area (Å²) in [5.41, 5.74) is 1.90. The lowest BCUT2D eigenvalue weighted by molar-refractivity contribution is 0.112. The molecule has 1 saturated heterocycles. The highest BCUT2D eigenvalue weighted by Gasteiger charge is 2.23. The van der Waals surface area contributed by atoms with Crippen molar-refractivity contribution in [3.63, 3.8) is 0 Å². The molecule has 1 atom stereocenters. The Morgan fingerprint density at radius 1 is 1.44 bits per heavy atom. The monoisotopic (exact) mass is 310 g/mol. The van der Waals surface area contributed by atoms with Gasteiger partial charge < -0.3 is 4.90 Å². The Balaban J connectivity index is 2.19. The average molecular weight is 311 g/mol. The number of anilines is 1. The summed E-state index contributed by atoms with van der Waals surface area (Å²) in [6.07, 6.45) is 2.05. The van der Waals surface area contributed by atoms with Gasteiger partial charge in [0, 0.05) is 35.7 Å². The van der Waals surface area contributed by atoms with Crippen molar-refractivity contribution in [2.24, 2.45) is 0 Å². The standard InChI is InChI=1S/C14H19BrN2O/c1-3-12-9-17(7-6-16(12)2)14-5-4-11(10-18)8-13(14)15/h4-5,8,10,12H,3,6-7,9H2,1-2H3. The van der Waals surface area contributed by atoms with Crippen LogP contribution in [0.15, 0.2) is 22.7 Å². The molecule has 4 heteroatoms. The van der Waals surface area contributed by atoms with Gasteiger partial charge in [-0.25, -0.2) is 0 Å². The minimum absolute atomic E-state index is 0.608. The second kappa shape index (κ2) is 5.85. The van der Waals surface area contributed by atoms with Crippen molar-refractivity contribution in [3.8, 4) is 0 Å². The number of rotatable bonds is 3. The van der Waals surface area contributed by atoms with Crippen molar-refractivity contribution in [3.05, 3.63) is 28.2 Å². The molecule has 0 spiro atoms. The largest absolute Gasteiger partial charge is 0.368 e. The fourth-order valence-electron chi connectivity index (χ4n) is 2.46. The molecule has 0 aliphatic carbocycles. The van der Waals surface area contributed by atoms with Gasteiger partial charge >= 0.3 is 0 Å². The van der Waals surface area contributed by atoms with Crippen LogP contribution in [0, 0.1) is 0 Å². The Labute approximate surface area is 117 Å². The zero-order valence-electron chi connectivity index (χ0n) is 10.9. The van der Waals surface area contributed by atoms with Gasteiger partial charge in [0.25, 0.3) is 0 Å². The van der Waals surface area contributed by atoms with Crippen LogP contribution in [-0.2, 0) is 0 Å². The van der Waals surface area contributed by atoms with Gasteiger partial charge in [0.15, 0.2) is 0 Å². The van der Waals surface area contributed by atoms with Gasteiger partial charge in [-0.1, -0.05) is 6.92 Å². The van der Waals surface area contributed by atoms with Crippen LogP contribution in [0.5, 0.6) is 0 Å². The molecule has 18 heavy (non-hydrogen) atoms. The second-order valence-electron chi connectivity index (χ2n) is 4.82. The molecule has 1 aromatic carbocycles. The predicted octanol–water partition coefficient (Wildman–Crippen LogP) is 2.79. The molecule has 3 nitrogen and oxygen atoms in total. The molecule has 0 aromatic heterocycles. The maximum atomic E-state index is 10.7. The lowest BCUT2D eigenvalue weighted by Crippen LogP contribution is -2.51. The summed E-state index contributed by atoms with van der Waals surface area (Å²) >= 11 is 3.57. The first-order valence-corrected chi connectivity index (χ1v) is 7.15. The van der Waals surface area contributed by atoms with Gasteiger partial charge in [-0.05, 0) is 47.6 Å². The third kappa shape index (κ3) is 2.75. The zero-order valence-corrected chi connectivity index (χ0v) is 12.5. The number of carbonyl (C=O) groups is 1. The van der Waals surface area contributed by atoms with Gasteiger partial charge in [-0.2, -0.15) is 0 Å². The van der Waals surface area contributed by atoms with E-state index in [0.29, 0.717) is 11.6 Å². The van der Waals surface area contributed by atoms with E-state index in [1.54, 1.807) is 0 Å². The minimum Gasteiger partial charge on any atom is -0.368 e. The van der Waals surface area contributed by atoms with E-state index in [1.807, 2.05) is 18.2 Å². The zero-order chi connectivity index (χ0) is 13.1. The quantitative estimate of drug-likeness (QED) is 0.802. The van der Waals surface area contributed by atoms with Crippen LogP contribution in [0.3, 0.4) is 0 Å². The number of halogens is 1. The second-order valence-corrected chi connectivity index (χ2v) is 5.67. The fourth-order valence-corrected chi connectivity index (χ4v) is 3.11. The lowest BCUT2D eigenvalue weighted by Gasteiger charge is -2.40. The van der Waals surface area contributed by atoms with E-state index >= 15 is 0 Å². The molecule has 0 radical (unpaired) electrons. The number of likely N-dealkylation sites (N-methyl/N-ethyl adjacent to an activating group) is 1. The van der Waals surface area contributed by atoms with E-state index in [-0.39, 0.29) is 0 Å². The first-order chi connectivity index (χ1) is 8.65. The number of hydrogen-bond donors (Lipinski definition) is 0. The molecule has 0 saturated carbocycles. The van der Waals surface area contributed by atoms with Crippen LogP contribution < -0.4 is 4.90 Å². The molecule has 1 heterocycles. The molecular weight excluding hydrogens is 292 g/mol. The molecule has 1 unspecified atom stereocenters. The molecule has 0 bridgehead atoms. The van der Waals surface area contributed by atoms with E-state index in [1.165, 1.54) is 5.69 Å². The number of hydrogen-bond acceptors (Lipinski definition) is 3. The number of carbonyl (C=O) groups excluding carboxylic acids is 1. The lowest BCUT2D eigenvalue weighted by atomic mass is 10.1. The third-order valence-corrected chi connectivity index (χ3v) is 4.33. The molecule has 0 amide bonds. The van der Waals surface area contributed by atoms with E-state index in [4.69, 9.17) is 0 Å². The molecule has 1 aliphatic rings. The van der Waals surface area contributed by atoms with Crippen LogP contribution in [-0.4, -0.2) is 43.9 Å². The fraction of sp³-hybridized carbons (Fsp3) is 0.500. The van der Waals surface area contributed by atoms with E-state index in [0.717, 1.165) is 36.8 Å². The van der Waals surface area contributed by atoms with Gasteiger partial charge in [-0.3, -0.25) is 9.69 Å².